The summed E-state index contributed by atoms with van der Waals surface area (Å²) in [6.45, 7) is 3.44. The van der Waals surface area contributed by atoms with Crippen LogP contribution in [-0.2, 0) is 4.79 Å². The summed E-state index contributed by atoms with van der Waals surface area (Å²) < 4.78 is 0. The lowest BCUT2D eigenvalue weighted by Gasteiger charge is -2.47. The van der Waals surface area contributed by atoms with Crippen LogP contribution in [0, 0.1) is 0 Å². The molecule has 9 heteroatoms. The van der Waals surface area contributed by atoms with E-state index in [1.54, 1.807) is 0 Å². The molecule has 2 aliphatic heterocycles. The van der Waals surface area contributed by atoms with Crippen molar-refractivity contribution in [3.05, 3.63) is 12.3 Å². The highest BCUT2D eigenvalue weighted by Crippen LogP contribution is 2.31. The van der Waals surface area contributed by atoms with Crippen molar-refractivity contribution in [2.24, 2.45) is 5.73 Å². The number of carbonyl (C=O) groups is 1. The highest BCUT2D eigenvalue weighted by molar-refractivity contribution is 5.81. The van der Waals surface area contributed by atoms with E-state index in [0.29, 0.717) is 24.6 Å². The minimum atomic E-state index is -0.861. The van der Waals surface area contributed by atoms with Crippen LogP contribution in [-0.4, -0.2) is 82.8 Å². The second-order valence-corrected chi connectivity index (χ2v) is 10.5. The van der Waals surface area contributed by atoms with Gasteiger partial charge in [-0.05, 0) is 57.6 Å². The Bertz CT molecular complexity index is 781. The van der Waals surface area contributed by atoms with Gasteiger partial charge in [-0.25, -0.2) is 4.98 Å². The predicted molar refractivity (Wildman–Crippen MR) is 139 cm³/mol. The molecule has 0 radical (unpaired) electrons. The van der Waals surface area contributed by atoms with Crippen molar-refractivity contribution < 1.29 is 9.90 Å². The lowest BCUT2D eigenvalue weighted by atomic mass is 9.87. The Morgan fingerprint density at radius 3 is 2.54 bits per heavy atom. The number of nitrogens with two attached hydrogens (primary N) is 1. The third kappa shape index (κ3) is 7.27. The Morgan fingerprint density at radius 1 is 1.06 bits per heavy atom. The highest BCUT2D eigenvalue weighted by atomic mass is 16.3. The Labute approximate surface area is 210 Å². The molecule has 9 nitrogen and oxygen atoms in total. The number of nitrogens with zero attached hydrogens (tertiary/aromatic N) is 4. The number of piperidine rings is 1. The van der Waals surface area contributed by atoms with Crippen molar-refractivity contribution in [2.45, 2.75) is 101 Å². The summed E-state index contributed by atoms with van der Waals surface area (Å²) in [6, 6.07) is 2.30. The van der Waals surface area contributed by atoms with Crippen LogP contribution in [0.4, 0.5) is 11.8 Å². The molecule has 1 aliphatic carbocycles. The molecule has 0 spiro atoms. The number of aliphatic hydroxyl groups is 1. The molecule has 3 aliphatic rings. The van der Waals surface area contributed by atoms with E-state index >= 15 is 0 Å². The van der Waals surface area contributed by atoms with Gasteiger partial charge in [0.25, 0.3) is 0 Å². The van der Waals surface area contributed by atoms with Crippen LogP contribution in [0.15, 0.2) is 12.3 Å². The first-order chi connectivity index (χ1) is 17.2. The highest BCUT2D eigenvalue weighted by Gasteiger charge is 2.36. The Balaban J connectivity index is 1.45. The maximum atomic E-state index is 12.1. The maximum Gasteiger partial charge on any atom is 0.239 e. The average Bonchev–Trinajstić information content (AvgIpc) is 3.19. The van der Waals surface area contributed by atoms with Gasteiger partial charge in [-0.3, -0.25) is 9.69 Å². The van der Waals surface area contributed by atoms with E-state index in [1.165, 1.54) is 57.8 Å². The van der Waals surface area contributed by atoms with E-state index in [4.69, 9.17) is 10.7 Å². The lowest BCUT2D eigenvalue weighted by Crippen LogP contribution is -2.56. The van der Waals surface area contributed by atoms with Crippen LogP contribution in [0.25, 0.3) is 0 Å². The van der Waals surface area contributed by atoms with Crippen molar-refractivity contribution in [3.63, 3.8) is 0 Å². The summed E-state index contributed by atoms with van der Waals surface area (Å²) in [5.74, 6) is 1.44. The Hall–Kier alpha value is -1.97. The normalized spacial score (nSPS) is 25.6. The quantitative estimate of drug-likeness (QED) is 0.419. The van der Waals surface area contributed by atoms with Crippen LogP contribution >= 0.6 is 0 Å². The summed E-state index contributed by atoms with van der Waals surface area (Å²) >= 11 is 0. The second-order valence-electron chi connectivity index (χ2n) is 10.5. The number of aliphatic hydroxyl groups excluding tert-OH is 1. The maximum absolute atomic E-state index is 12.1. The summed E-state index contributed by atoms with van der Waals surface area (Å²) in [7, 11) is 0. The Kier molecular flexibility index (Phi) is 9.97. The zero-order chi connectivity index (χ0) is 24.5. The zero-order valence-electron chi connectivity index (χ0n) is 21.2. The van der Waals surface area contributed by atoms with Gasteiger partial charge in [-0.1, -0.05) is 32.1 Å². The first kappa shape index (κ1) is 26.1. The van der Waals surface area contributed by atoms with E-state index in [1.807, 2.05) is 12.3 Å². The molecule has 1 aromatic rings. The molecule has 196 valence electrons. The molecule has 3 heterocycles. The van der Waals surface area contributed by atoms with Crippen LogP contribution < -0.4 is 21.3 Å². The SMILES string of the molecule is N[C@H](CO)C(=O)NCCC1C(Nc2nccc(N3CCCCCC3)n2)CCCN1C1CCCCC1. The molecule has 1 aromatic heterocycles. The molecule has 3 fully saturated rings. The van der Waals surface area contributed by atoms with Crippen molar-refractivity contribution >= 4 is 17.7 Å². The van der Waals surface area contributed by atoms with E-state index < -0.39 is 6.04 Å². The van der Waals surface area contributed by atoms with E-state index in [9.17, 15) is 9.90 Å². The number of anilines is 2. The number of hydrogen-bond donors (Lipinski definition) is 4. The molecule has 2 unspecified atom stereocenters. The van der Waals surface area contributed by atoms with Gasteiger partial charge in [0.15, 0.2) is 0 Å². The van der Waals surface area contributed by atoms with Crippen molar-refractivity contribution in [2.75, 3.05) is 43.0 Å². The molecule has 35 heavy (non-hydrogen) atoms. The predicted octanol–water partition coefficient (Wildman–Crippen LogP) is 2.26. The monoisotopic (exact) mass is 487 g/mol. The molecular formula is C26H45N7O2. The molecule has 3 atom stereocenters. The molecule has 1 amide bonds. The topological polar surface area (TPSA) is 120 Å². The fraction of sp³-hybridized carbons (Fsp3) is 0.808. The molecule has 2 saturated heterocycles. The number of amides is 1. The van der Waals surface area contributed by atoms with Crippen LogP contribution in [0.3, 0.4) is 0 Å². The molecule has 1 saturated carbocycles. The van der Waals surface area contributed by atoms with Crippen LogP contribution in [0.5, 0.6) is 0 Å². The number of nitrogens with one attached hydrogen (secondary N) is 2. The number of carbonyl (C=O) groups excluding carboxylic acids is 1. The number of rotatable bonds is 9. The fourth-order valence-electron chi connectivity index (χ4n) is 6.10. The van der Waals surface area contributed by atoms with Crippen LogP contribution in [0.1, 0.15) is 77.0 Å². The first-order valence-corrected chi connectivity index (χ1v) is 13.9. The lowest BCUT2D eigenvalue weighted by molar-refractivity contribution is -0.123. The summed E-state index contributed by atoms with van der Waals surface area (Å²) in [5, 5.41) is 15.8. The summed E-state index contributed by atoms with van der Waals surface area (Å²) in [5.41, 5.74) is 5.69. The zero-order valence-corrected chi connectivity index (χ0v) is 21.2. The van der Waals surface area contributed by atoms with Crippen molar-refractivity contribution in [3.8, 4) is 0 Å². The van der Waals surface area contributed by atoms with Gasteiger partial charge in [0.05, 0.1) is 6.61 Å². The largest absolute Gasteiger partial charge is 0.394 e. The van der Waals surface area contributed by atoms with E-state index in [2.05, 4.69) is 25.4 Å². The number of aromatic nitrogens is 2. The summed E-state index contributed by atoms with van der Waals surface area (Å²) in [4.78, 5) is 26.7. The number of hydrogen-bond acceptors (Lipinski definition) is 8. The third-order valence-corrected chi connectivity index (χ3v) is 8.02. The van der Waals surface area contributed by atoms with Gasteiger partial charge in [-0.15, -0.1) is 0 Å². The average molecular weight is 488 g/mol. The fourth-order valence-corrected chi connectivity index (χ4v) is 6.10. The van der Waals surface area contributed by atoms with Gasteiger partial charge in [0.2, 0.25) is 11.9 Å². The number of likely N-dealkylation sites (tertiary alicyclic amines) is 1. The smallest absolute Gasteiger partial charge is 0.239 e. The first-order valence-electron chi connectivity index (χ1n) is 13.9. The van der Waals surface area contributed by atoms with Crippen molar-refractivity contribution in [1.29, 1.82) is 0 Å². The standard InChI is InChI=1S/C26H45N7O2/c27-21(19-34)25(35)28-14-12-23-22(11-8-18-33(23)20-9-4-3-5-10-20)30-26-29-15-13-24(31-26)32-16-6-1-2-7-17-32/h13,15,20-23,34H,1-12,14,16-19,27H2,(H,28,35)(H,29,30,31)/t21-,22?,23?/m1/s1. The van der Waals surface area contributed by atoms with Gasteiger partial charge >= 0.3 is 0 Å². The second kappa shape index (κ2) is 13.4. The van der Waals surface area contributed by atoms with E-state index in [0.717, 1.165) is 44.7 Å². The van der Waals surface area contributed by atoms with E-state index in [-0.39, 0.29) is 18.6 Å². The van der Waals surface area contributed by atoms with Crippen molar-refractivity contribution in [1.82, 2.24) is 20.2 Å². The van der Waals surface area contributed by atoms with Gasteiger partial charge in [0.1, 0.15) is 11.9 Å². The molecule has 0 bridgehead atoms. The van der Waals surface area contributed by atoms with Gasteiger partial charge in [0, 0.05) is 44.0 Å². The van der Waals surface area contributed by atoms with Gasteiger partial charge in [-0.2, -0.15) is 4.98 Å². The van der Waals surface area contributed by atoms with Gasteiger partial charge < -0.3 is 26.4 Å². The Morgan fingerprint density at radius 2 is 1.80 bits per heavy atom. The molecule has 0 aromatic carbocycles. The van der Waals surface area contributed by atoms with Crippen LogP contribution in [0.2, 0.25) is 0 Å². The molecule has 4 rings (SSSR count). The minimum absolute atomic E-state index is 0.230. The third-order valence-electron chi connectivity index (χ3n) is 8.02. The molecule has 5 N–H and O–H groups in total. The minimum Gasteiger partial charge on any atom is -0.394 e. The molecular weight excluding hydrogens is 442 g/mol. The summed E-state index contributed by atoms with van der Waals surface area (Å²) in [6.07, 6.45) is 16.4.